The van der Waals surface area contributed by atoms with E-state index >= 15 is 0 Å². The highest BCUT2D eigenvalue weighted by molar-refractivity contribution is 6.57. The molecule has 0 aromatic heterocycles. The van der Waals surface area contributed by atoms with E-state index in [1.165, 1.54) is 0 Å². The van der Waals surface area contributed by atoms with Crippen LogP contribution in [0.2, 0.25) is 0 Å². The van der Waals surface area contributed by atoms with Crippen molar-refractivity contribution < 1.29 is 28.6 Å². The third-order valence-electron chi connectivity index (χ3n) is 0.677. The Hall–Kier alpha value is -0.0452. The van der Waals surface area contributed by atoms with Gasteiger partial charge in [0.1, 0.15) is 0 Å². The maximum absolute atomic E-state index is 8.21. The first-order valence-electron chi connectivity index (χ1n) is 2.40. The van der Waals surface area contributed by atoms with Crippen LogP contribution in [0.1, 0.15) is 0 Å². The molecular formula is CH3B3O6. The zero-order chi connectivity index (χ0) is 7.40. The molecule has 10 heavy (non-hydrogen) atoms. The van der Waals surface area contributed by atoms with Gasteiger partial charge < -0.3 is 28.6 Å². The van der Waals surface area contributed by atoms with Gasteiger partial charge in [-0.2, -0.15) is 0 Å². The fourth-order valence-electron chi connectivity index (χ4n) is 0.373. The fraction of sp³-hybridized carbons (Fsp3) is 1.00. The molecule has 1 aliphatic rings. The molecule has 0 aromatic rings. The highest BCUT2D eigenvalue weighted by atomic mass is 16.8. The molecule has 1 fully saturated rings. The molecule has 0 spiro atoms. The Morgan fingerprint density at radius 3 is 2.40 bits per heavy atom. The van der Waals surface area contributed by atoms with Gasteiger partial charge in [0, 0.05) is 0 Å². The Kier molecular flexibility index (Phi) is 3.19. The lowest BCUT2D eigenvalue weighted by Crippen LogP contribution is -2.40. The van der Waals surface area contributed by atoms with Crippen molar-refractivity contribution in [2.24, 2.45) is 0 Å². The normalized spacial score (nSPS) is 18.5. The predicted octanol–water partition coefficient (Wildman–Crippen LogP) is -2.61. The molecule has 0 aromatic carbocycles. The van der Waals surface area contributed by atoms with E-state index in [0.717, 1.165) is 15.4 Å². The van der Waals surface area contributed by atoms with Crippen LogP contribution in [0.4, 0.5) is 0 Å². The maximum Gasteiger partial charge on any atom is 0.614 e. The van der Waals surface area contributed by atoms with Crippen LogP contribution >= 0.6 is 0 Å². The summed E-state index contributed by atoms with van der Waals surface area (Å²) in [6.45, 7) is -1.93. The van der Waals surface area contributed by atoms with Crippen LogP contribution in [-0.2, 0) is 18.4 Å². The quantitative estimate of drug-likeness (QED) is 0.326. The van der Waals surface area contributed by atoms with E-state index in [4.69, 9.17) is 10.2 Å². The van der Waals surface area contributed by atoms with Gasteiger partial charge in [0.25, 0.3) is 6.48 Å². The SMILES string of the molecule is OC(O)OB1O[B]O[B]O1. The van der Waals surface area contributed by atoms with Gasteiger partial charge in [-0.05, 0) is 0 Å². The number of aliphatic hydroxyl groups is 2. The van der Waals surface area contributed by atoms with Gasteiger partial charge >= 0.3 is 22.7 Å². The second kappa shape index (κ2) is 3.96. The van der Waals surface area contributed by atoms with E-state index in [2.05, 4.69) is 18.4 Å². The highest BCUT2D eigenvalue weighted by Gasteiger charge is 2.28. The Balaban J connectivity index is 2.13. The van der Waals surface area contributed by atoms with E-state index < -0.39 is 13.8 Å². The minimum absolute atomic E-state index is 0.941. The molecule has 0 bridgehead atoms. The molecule has 2 N–H and O–H groups in total. The molecule has 52 valence electrons. The zero-order valence-electron chi connectivity index (χ0n) is 4.84. The maximum atomic E-state index is 8.21. The first kappa shape index (κ1) is 8.06. The van der Waals surface area contributed by atoms with Gasteiger partial charge in [0.2, 0.25) is 0 Å². The molecular weight excluding hydrogens is 140 g/mol. The van der Waals surface area contributed by atoms with Crippen molar-refractivity contribution in [3.63, 3.8) is 0 Å². The van der Waals surface area contributed by atoms with Crippen molar-refractivity contribution in [2.75, 3.05) is 0 Å². The topological polar surface area (TPSA) is 77.4 Å². The van der Waals surface area contributed by atoms with Crippen molar-refractivity contribution >= 4 is 22.7 Å². The van der Waals surface area contributed by atoms with Crippen LogP contribution in [0.15, 0.2) is 0 Å². The highest BCUT2D eigenvalue weighted by Crippen LogP contribution is 1.97. The lowest BCUT2D eigenvalue weighted by atomic mass is 10.1. The predicted molar refractivity (Wildman–Crippen MR) is 29.8 cm³/mol. The summed E-state index contributed by atoms with van der Waals surface area (Å²) >= 11 is 0. The molecule has 1 aliphatic heterocycles. The molecule has 0 atom stereocenters. The average molecular weight is 143 g/mol. The summed E-state index contributed by atoms with van der Waals surface area (Å²) in [5, 5.41) is 16.4. The monoisotopic (exact) mass is 144 g/mol. The van der Waals surface area contributed by atoms with Crippen LogP contribution < -0.4 is 0 Å². The largest absolute Gasteiger partial charge is 0.614 e. The number of aliphatic hydroxyl groups excluding tert-OH is 1. The van der Waals surface area contributed by atoms with E-state index in [0.29, 0.717) is 0 Å². The molecule has 6 nitrogen and oxygen atoms in total. The Bertz CT molecular complexity index is 91.0. The molecule has 2 radical (unpaired) electrons. The molecule has 0 aliphatic carbocycles. The standard InChI is InChI=1S/CH3B3O6/c5-1(6)7-4-9-2-8-3-10-4/h1,5-6H. The van der Waals surface area contributed by atoms with Crippen LogP contribution in [0.5, 0.6) is 0 Å². The molecule has 9 heteroatoms. The first-order valence-corrected chi connectivity index (χ1v) is 2.40. The second-order valence-corrected chi connectivity index (χ2v) is 1.35. The van der Waals surface area contributed by atoms with Gasteiger partial charge in [0.15, 0.2) is 0 Å². The van der Waals surface area contributed by atoms with Gasteiger partial charge in [-0.25, -0.2) is 0 Å². The van der Waals surface area contributed by atoms with Gasteiger partial charge in [0.05, 0.1) is 0 Å². The molecule has 0 saturated carbocycles. The van der Waals surface area contributed by atoms with E-state index in [1.807, 2.05) is 0 Å². The second-order valence-electron chi connectivity index (χ2n) is 1.35. The summed E-state index contributed by atoms with van der Waals surface area (Å²) in [6.07, 6.45) is 0. The minimum atomic E-state index is -1.93. The number of hydrogen-bond acceptors (Lipinski definition) is 6. The summed E-state index contributed by atoms with van der Waals surface area (Å²) in [6, 6.07) is 0. The smallest absolute Gasteiger partial charge is 0.457 e. The van der Waals surface area contributed by atoms with E-state index in [1.54, 1.807) is 0 Å². The Labute approximate surface area is 58.8 Å². The van der Waals surface area contributed by atoms with E-state index in [9.17, 15) is 0 Å². The lowest BCUT2D eigenvalue weighted by Gasteiger charge is -2.17. The molecule has 0 unspecified atom stereocenters. The third-order valence-corrected chi connectivity index (χ3v) is 0.677. The van der Waals surface area contributed by atoms with Crippen molar-refractivity contribution in [1.82, 2.24) is 0 Å². The third kappa shape index (κ3) is 2.69. The molecule has 1 saturated heterocycles. The summed E-state index contributed by atoms with van der Waals surface area (Å²) in [4.78, 5) is 0. The van der Waals surface area contributed by atoms with Crippen LogP contribution in [0.3, 0.4) is 0 Å². The number of rotatable bonds is 2. The van der Waals surface area contributed by atoms with Crippen molar-refractivity contribution in [3.05, 3.63) is 0 Å². The summed E-state index contributed by atoms with van der Waals surface area (Å²) < 4.78 is 17.5. The first-order chi connectivity index (χ1) is 4.79. The molecule has 1 heterocycles. The van der Waals surface area contributed by atoms with Gasteiger partial charge in [-0.3, -0.25) is 0 Å². The number of hydrogen-bond donors (Lipinski definition) is 2. The van der Waals surface area contributed by atoms with E-state index in [-0.39, 0.29) is 0 Å². The summed E-state index contributed by atoms with van der Waals surface area (Å²) in [5.41, 5.74) is 0. The van der Waals surface area contributed by atoms with Crippen LogP contribution in [-0.4, -0.2) is 39.4 Å². The molecule has 0 amide bonds. The van der Waals surface area contributed by atoms with Gasteiger partial charge in [-0.1, -0.05) is 0 Å². The molecule has 1 rings (SSSR count). The summed E-state index contributed by atoms with van der Waals surface area (Å²) in [7, 11) is 0.723. The van der Waals surface area contributed by atoms with Gasteiger partial charge in [-0.15, -0.1) is 0 Å². The Morgan fingerprint density at radius 1 is 1.30 bits per heavy atom. The van der Waals surface area contributed by atoms with Crippen LogP contribution in [0.25, 0.3) is 0 Å². The van der Waals surface area contributed by atoms with Crippen molar-refractivity contribution in [1.29, 1.82) is 0 Å². The minimum Gasteiger partial charge on any atom is -0.457 e. The lowest BCUT2D eigenvalue weighted by molar-refractivity contribution is -0.195. The Morgan fingerprint density at radius 2 is 1.90 bits per heavy atom. The van der Waals surface area contributed by atoms with Crippen molar-refractivity contribution in [3.8, 4) is 0 Å². The average Bonchev–Trinajstić information content (AvgIpc) is 1.88. The summed E-state index contributed by atoms with van der Waals surface area (Å²) in [5.74, 6) is 0. The van der Waals surface area contributed by atoms with Crippen molar-refractivity contribution in [2.45, 2.75) is 6.48 Å². The fourth-order valence-corrected chi connectivity index (χ4v) is 0.373. The zero-order valence-corrected chi connectivity index (χ0v) is 4.84. The van der Waals surface area contributed by atoms with Crippen LogP contribution in [0, 0.1) is 0 Å².